The lowest BCUT2D eigenvalue weighted by molar-refractivity contribution is 0.102. The third-order valence-corrected chi connectivity index (χ3v) is 6.48. The van der Waals surface area contributed by atoms with Gasteiger partial charge in [-0.1, -0.05) is 0 Å². The highest BCUT2D eigenvalue weighted by Gasteiger charge is 2.28. The zero-order chi connectivity index (χ0) is 23.1. The number of benzene rings is 1. The summed E-state index contributed by atoms with van der Waals surface area (Å²) in [6.45, 7) is 4.11. The number of nitrogens with zero attached hydrogens (tertiary/aromatic N) is 4. The van der Waals surface area contributed by atoms with Crippen LogP contribution in [0.5, 0.6) is 11.5 Å². The third-order valence-electron chi connectivity index (χ3n) is 5.72. The van der Waals surface area contributed by atoms with Gasteiger partial charge in [0.15, 0.2) is 10.8 Å². The van der Waals surface area contributed by atoms with E-state index in [2.05, 4.69) is 29.2 Å². The Kier molecular flexibility index (Phi) is 5.49. The van der Waals surface area contributed by atoms with Crippen LogP contribution in [-0.4, -0.2) is 39.9 Å². The van der Waals surface area contributed by atoms with Gasteiger partial charge in [0, 0.05) is 28.6 Å². The van der Waals surface area contributed by atoms with Crippen molar-refractivity contribution in [1.82, 2.24) is 19.7 Å². The highest BCUT2D eigenvalue weighted by atomic mass is 32.1. The van der Waals surface area contributed by atoms with Gasteiger partial charge in [-0.2, -0.15) is 5.10 Å². The molecule has 0 bridgehead atoms. The second-order valence-electron chi connectivity index (χ2n) is 8.35. The minimum absolute atomic E-state index is 0.153. The number of ether oxygens (including phenoxy) is 2. The predicted molar refractivity (Wildman–Crippen MR) is 128 cm³/mol. The van der Waals surface area contributed by atoms with Crippen LogP contribution in [0, 0.1) is 0 Å². The fraction of sp³-hybridized carbons (Fsp3) is 0.333. The summed E-state index contributed by atoms with van der Waals surface area (Å²) in [5.41, 5.74) is 3.78. The van der Waals surface area contributed by atoms with E-state index in [-0.39, 0.29) is 11.9 Å². The number of hydrogen-bond acceptors (Lipinski definition) is 7. The Labute approximate surface area is 195 Å². The molecule has 170 valence electrons. The standard InChI is InChI=1S/C24H25N5O3S/c1-13(2)29-22-18(11-25-29)16(10-19(26-22)14-5-6-14)23(30)28-24-27-20(12-33-24)17-9-15(31-3)7-8-21(17)32-4/h7-14H,5-6H2,1-4H3,(H,27,28,30). The van der Waals surface area contributed by atoms with Gasteiger partial charge < -0.3 is 9.47 Å². The van der Waals surface area contributed by atoms with Crippen molar-refractivity contribution in [2.45, 2.75) is 38.6 Å². The Hall–Kier alpha value is -3.46. The molecule has 1 fully saturated rings. The van der Waals surface area contributed by atoms with Crippen LogP contribution in [-0.2, 0) is 0 Å². The largest absolute Gasteiger partial charge is 0.497 e. The summed E-state index contributed by atoms with van der Waals surface area (Å²) in [6.07, 6.45) is 3.93. The normalized spacial score (nSPS) is 13.5. The number of carbonyl (C=O) groups is 1. The van der Waals surface area contributed by atoms with Gasteiger partial charge in [-0.3, -0.25) is 10.1 Å². The van der Waals surface area contributed by atoms with E-state index in [4.69, 9.17) is 14.5 Å². The van der Waals surface area contributed by atoms with Gasteiger partial charge in [0.05, 0.1) is 37.1 Å². The molecule has 1 amide bonds. The highest BCUT2D eigenvalue weighted by Crippen LogP contribution is 2.40. The molecule has 3 heterocycles. The van der Waals surface area contributed by atoms with E-state index >= 15 is 0 Å². The first-order chi connectivity index (χ1) is 16.0. The lowest BCUT2D eigenvalue weighted by Gasteiger charge is -2.10. The van der Waals surface area contributed by atoms with E-state index in [9.17, 15) is 4.79 Å². The van der Waals surface area contributed by atoms with Crippen LogP contribution in [0.2, 0.25) is 0 Å². The molecule has 1 saturated carbocycles. The molecule has 9 heteroatoms. The molecule has 0 aliphatic heterocycles. The van der Waals surface area contributed by atoms with E-state index in [1.807, 2.05) is 34.3 Å². The average Bonchev–Trinajstić information content (AvgIpc) is 3.42. The van der Waals surface area contributed by atoms with Crippen molar-refractivity contribution in [1.29, 1.82) is 0 Å². The molecule has 0 spiro atoms. The minimum atomic E-state index is -0.217. The average molecular weight is 464 g/mol. The van der Waals surface area contributed by atoms with Crippen molar-refractivity contribution in [2.24, 2.45) is 0 Å². The second kappa shape index (κ2) is 8.47. The van der Waals surface area contributed by atoms with Gasteiger partial charge in [0.2, 0.25) is 0 Å². The van der Waals surface area contributed by atoms with Gasteiger partial charge in [-0.05, 0) is 51.0 Å². The number of pyridine rings is 1. The SMILES string of the molecule is COc1ccc(OC)c(-c2csc(NC(=O)c3cc(C4CC4)nc4c3cnn4C(C)C)n2)c1. The van der Waals surface area contributed by atoms with Gasteiger partial charge in [0.1, 0.15) is 11.5 Å². The smallest absolute Gasteiger partial charge is 0.258 e. The molecule has 1 aliphatic carbocycles. The predicted octanol–water partition coefficient (Wildman–Crippen LogP) is 5.28. The Morgan fingerprint density at radius 2 is 2.00 bits per heavy atom. The Balaban J connectivity index is 1.47. The zero-order valence-corrected chi connectivity index (χ0v) is 19.8. The van der Waals surface area contributed by atoms with Crippen molar-refractivity contribution in [3.05, 3.63) is 47.1 Å². The molecule has 5 rings (SSSR count). The monoisotopic (exact) mass is 463 g/mol. The van der Waals surface area contributed by atoms with Crippen molar-refractivity contribution in [2.75, 3.05) is 19.5 Å². The summed E-state index contributed by atoms with van der Waals surface area (Å²) in [5.74, 6) is 1.60. The molecule has 0 unspecified atom stereocenters. The summed E-state index contributed by atoms with van der Waals surface area (Å²) in [6, 6.07) is 7.60. The Bertz CT molecular complexity index is 1340. The minimum Gasteiger partial charge on any atom is -0.497 e. The first-order valence-electron chi connectivity index (χ1n) is 10.9. The number of fused-ring (bicyclic) bond motifs is 1. The molecule has 1 aromatic carbocycles. The number of rotatable bonds is 7. The summed E-state index contributed by atoms with van der Waals surface area (Å²) in [7, 11) is 3.23. The van der Waals surface area contributed by atoms with Crippen LogP contribution in [0.4, 0.5) is 5.13 Å². The molecular formula is C24H25N5O3S. The van der Waals surface area contributed by atoms with Gasteiger partial charge >= 0.3 is 0 Å². The van der Waals surface area contributed by atoms with E-state index < -0.39 is 0 Å². The van der Waals surface area contributed by atoms with Crippen LogP contribution in [0.25, 0.3) is 22.3 Å². The summed E-state index contributed by atoms with van der Waals surface area (Å²) < 4.78 is 12.7. The second-order valence-corrected chi connectivity index (χ2v) is 9.21. The van der Waals surface area contributed by atoms with Crippen molar-refractivity contribution < 1.29 is 14.3 Å². The number of methoxy groups -OCH3 is 2. The molecule has 0 radical (unpaired) electrons. The van der Waals surface area contributed by atoms with E-state index in [0.29, 0.717) is 33.8 Å². The molecule has 1 aliphatic rings. The first-order valence-corrected chi connectivity index (χ1v) is 11.7. The summed E-state index contributed by atoms with van der Waals surface area (Å²) >= 11 is 1.36. The van der Waals surface area contributed by atoms with Gasteiger partial charge in [0.25, 0.3) is 5.91 Å². The quantitative estimate of drug-likeness (QED) is 0.401. The summed E-state index contributed by atoms with van der Waals surface area (Å²) in [4.78, 5) is 22.8. The molecular weight excluding hydrogens is 438 g/mol. The number of amides is 1. The maximum absolute atomic E-state index is 13.3. The third kappa shape index (κ3) is 4.04. The number of nitrogens with one attached hydrogen (secondary N) is 1. The number of carbonyl (C=O) groups excluding carboxylic acids is 1. The molecule has 1 N–H and O–H groups in total. The number of hydrogen-bond donors (Lipinski definition) is 1. The van der Waals surface area contributed by atoms with Crippen molar-refractivity contribution in [3.8, 4) is 22.8 Å². The highest BCUT2D eigenvalue weighted by molar-refractivity contribution is 7.14. The number of aromatic nitrogens is 4. The Morgan fingerprint density at radius 1 is 1.18 bits per heavy atom. The van der Waals surface area contributed by atoms with Crippen LogP contribution < -0.4 is 14.8 Å². The fourth-order valence-electron chi connectivity index (χ4n) is 3.82. The van der Waals surface area contributed by atoms with Crippen molar-refractivity contribution in [3.63, 3.8) is 0 Å². The maximum atomic E-state index is 13.3. The molecule has 33 heavy (non-hydrogen) atoms. The maximum Gasteiger partial charge on any atom is 0.258 e. The van der Waals surface area contributed by atoms with Crippen LogP contribution >= 0.6 is 11.3 Å². The fourth-order valence-corrected chi connectivity index (χ4v) is 4.53. The van der Waals surface area contributed by atoms with Crippen LogP contribution in [0.15, 0.2) is 35.8 Å². The Morgan fingerprint density at radius 3 is 2.70 bits per heavy atom. The van der Waals surface area contributed by atoms with Gasteiger partial charge in [-0.25, -0.2) is 14.6 Å². The van der Waals surface area contributed by atoms with Crippen molar-refractivity contribution >= 4 is 33.4 Å². The molecule has 8 nitrogen and oxygen atoms in total. The zero-order valence-electron chi connectivity index (χ0n) is 19.0. The molecule has 3 aromatic heterocycles. The molecule has 4 aromatic rings. The molecule has 0 atom stereocenters. The van der Waals surface area contributed by atoms with E-state index in [0.717, 1.165) is 35.1 Å². The van der Waals surface area contributed by atoms with Gasteiger partial charge in [-0.15, -0.1) is 11.3 Å². The lowest BCUT2D eigenvalue weighted by Crippen LogP contribution is -2.13. The number of anilines is 1. The number of thiazole rings is 1. The van der Waals surface area contributed by atoms with E-state index in [1.54, 1.807) is 20.4 Å². The summed E-state index contributed by atoms with van der Waals surface area (Å²) in [5, 5.41) is 10.6. The van der Waals surface area contributed by atoms with Crippen LogP contribution in [0.3, 0.4) is 0 Å². The van der Waals surface area contributed by atoms with Crippen LogP contribution in [0.1, 0.15) is 54.7 Å². The van der Waals surface area contributed by atoms with E-state index in [1.165, 1.54) is 11.3 Å². The first kappa shape index (κ1) is 21.4. The molecule has 0 saturated heterocycles. The lowest BCUT2D eigenvalue weighted by atomic mass is 10.1. The topological polar surface area (TPSA) is 91.2 Å².